The van der Waals surface area contributed by atoms with Crippen molar-refractivity contribution in [3.05, 3.63) is 12.2 Å². The number of rotatable bonds is 6. The SMILES string of the molecule is C=C(C)CCC(CCC(F)(F)F)NC. The van der Waals surface area contributed by atoms with Gasteiger partial charge in [-0.25, -0.2) is 0 Å². The first-order valence-electron chi connectivity index (χ1n) is 4.73. The average Bonchev–Trinajstić information content (AvgIpc) is 2.02. The van der Waals surface area contributed by atoms with E-state index < -0.39 is 12.6 Å². The molecule has 0 amide bonds. The van der Waals surface area contributed by atoms with Crippen molar-refractivity contribution in [2.75, 3.05) is 7.05 Å². The number of halogens is 3. The van der Waals surface area contributed by atoms with E-state index in [1.165, 1.54) is 0 Å². The first-order valence-corrected chi connectivity index (χ1v) is 4.73. The molecule has 0 heterocycles. The molecular weight excluding hydrogens is 191 g/mol. The maximum absolute atomic E-state index is 11.9. The Bertz CT molecular complexity index is 175. The first-order chi connectivity index (χ1) is 6.35. The molecule has 0 radical (unpaired) electrons. The second-order valence-corrected chi connectivity index (χ2v) is 3.64. The Morgan fingerprint density at radius 2 is 1.93 bits per heavy atom. The Morgan fingerprint density at radius 1 is 1.36 bits per heavy atom. The van der Waals surface area contributed by atoms with Gasteiger partial charge in [0, 0.05) is 12.5 Å². The average molecular weight is 209 g/mol. The molecule has 0 aliphatic carbocycles. The Kier molecular flexibility index (Phi) is 5.84. The topological polar surface area (TPSA) is 12.0 Å². The van der Waals surface area contributed by atoms with E-state index in [0.29, 0.717) is 0 Å². The van der Waals surface area contributed by atoms with Crippen LogP contribution in [0.15, 0.2) is 12.2 Å². The monoisotopic (exact) mass is 209 g/mol. The van der Waals surface area contributed by atoms with Crippen LogP contribution >= 0.6 is 0 Å². The Hall–Kier alpha value is -0.510. The predicted octanol–water partition coefficient (Wildman–Crippen LogP) is 3.27. The van der Waals surface area contributed by atoms with Crippen molar-refractivity contribution in [2.24, 2.45) is 0 Å². The van der Waals surface area contributed by atoms with E-state index in [1.54, 1.807) is 7.05 Å². The van der Waals surface area contributed by atoms with Crippen molar-refractivity contribution in [3.8, 4) is 0 Å². The summed E-state index contributed by atoms with van der Waals surface area (Å²) >= 11 is 0. The van der Waals surface area contributed by atoms with Crippen molar-refractivity contribution in [3.63, 3.8) is 0 Å². The largest absolute Gasteiger partial charge is 0.389 e. The second kappa shape index (κ2) is 6.06. The van der Waals surface area contributed by atoms with E-state index in [-0.39, 0.29) is 12.5 Å². The highest BCUT2D eigenvalue weighted by atomic mass is 19.4. The molecule has 1 atom stereocenters. The van der Waals surface area contributed by atoms with Gasteiger partial charge in [0.15, 0.2) is 0 Å². The Labute approximate surface area is 83.4 Å². The second-order valence-electron chi connectivity index (χ2n) is 3.64. The molecule has 0 spiro atoms. The summed E-state index contributed by atoms with van der Waals surface area (Å²) in [6.45, 7) is 5.61. The van der Waals surface area contributed by atoms with Crippen molar-refractivity contribution in [1.29, 1.82) is 0 Å². The summed E-state index contributed by atoms with van der Waals surface area (Å²) in [7, 11) is 1.69. The van der Waals surface area contributed by atoms with E-state index in [0.717, 1.165) is 18.4 Å². The number of hydrogen-bond donors (Lipinski definition) is 1. The van der Waals surface area contributed by atoms with E-state index >= 15 is 0 Å². The molecular formula is C10H18F3N. The quantitative estimate of drug-likeness (QED) is 0.662. The van der Waals surface area contributed by atoms with Gasteiger partial charge in [0.1, 0.15) is 0 Å². The molecule has 0 rings (SSSR count). The standard InChI is InChI=1S/C10H18F3N/c1-8(2)4-5-9(14-3)6-7-10(11,12)13/h9,14H,1,4-7H2,2-3H3. The summed E-state index contributed by atoms with van der Waals surface area (Å²) in [4.78, 5) is 0. The molecule has 0 fully saturated rings. The molecule has 14 heavy (non-hydrogen) atoms. The molecule has 4 heteroatoms. The Morgan fingerprint density at radius 3 is 2.29 bits per heavy atom. The molecule has 0 aromatic carbocycles. The summed E-state index contributed by atoms with van der Waals surface area (Å²) in [5.74, 6) is 0. The van der Waals surface area contributed by atoms with Crippen LogP contribution in [0.2, 0.25) is 0 Å². The predicted molar refractivity (Wildman–Crippen MR) is 52.2 cm³/mol. The fraction of sp³-hybridized carbons (Fsp3) is 0.800. The van der Waals surface area contributed by atoms with Crippen molar-refractivity contribution in [1.82, 2.24) is 5.32 Å². The van der Waals surface area contributed by atoms with E-state index in [4.69, 9.17) is 0 Å². The summed E-state index contributed by atoms with van der Waals surface area (Å²) in [5.41, 5.74) is 1.01. The molecule has 0 aliphatic rings. The van der Waals surface area contributed by atoms with Gasteiger partial charge in [0.05, 0.1) is 0 Å². The minimum absolute atomic E-state index is 0.0617. The molecule has 0 saturated carbocycles. The summed E-state index contributed by atoms with van der Waals surface area (Å²) < 4.78 is 35.7. The van der Waals surface area contributed by atoms with Crippen LogP contribution in [0.25, 0.3) is 0 Å². The lowest BCUT2D eigenvalue weighted by atomic mass is 10.0. The lowest BCUT2D eigenvalue weighted by Crippen LogP contribution is -2.27. The smallest absolute Gasteiger partial charge is 0.317 e. The zero-order valence-corrected chi connectivity index (χ0v) is 8.75. The first kappa shape index (κ1) is 13.5. The van der Waals surface area contributed by atoms with Crippen LogP contribution in [0.1, 0.15) is 32.6 Å². The van der Waals surface area contributed by atoms with E-state index in [2.05, 4.69) is 11.9 Å². The summed E-state index contributed by atoms with van der Waals surface area (Å²) in [5, 5.41) is 2.89. The zero-order valence-electron chi connectivity index (χ0n) is 8.75. The van der Waals surface area contributed by atoms with Gasteiger partial charge in [-0.15, -0.1) is 6.58 Å². The molecule has 1 unspecified atom stereocenters. The van der Waals surface area contributed by atoms with Gasteiger partial charge in [0.2, 0.25) is 0 Å². The van der Waals surface area contributed by atoms with Gasteiger partial charge in [-0.3, -0.25) is 0 Å². The van der Waals surface area contributed by atoms with Crippen LogP contribution in [0.4, 0.5) is 13.2 Å². The van der Waals surface area contributed by atoms with Gasteiger partial charge in [0.25, 0.3) is 0 Å². The van der Waals surface area contributed by atoms with Gasteiger partial charge in [-0.05, 0) is 33.2 Å². The summed E-state index contributed by atoms with van der Waals surface area (Å²) in [6.07, 6.45) is -3.11. The van der Waals surface area contributed by atoms with Crippen LogP contribution in [0.3, 0.4) is 0 Å². The van der Waals surface area contributed by atoms with Crippen molar-refractivity contribution >= 4 is 0 Å². The molecule has 1 N–H and O–H groups in total. The number of alkyl halides is 3. The third-order valence-corrected chi connectivity index (χ3v) is 2.10. The third-order valence-electron chi connectivity index (χ3n) is 2.10. The highest BCUT2D eigenvalue weighted by Crippen LogP contribution is 2.23. The molecule has 1 nitrogen and oxygen atoms in total. The fourth-order valence-corrected chi connectivity index (χ4v) is 1.19. The van der Waals surface area contributed by atoms with Gasteiger partial charge >= 0.3 is 6.18 Å². The molecule has 0 aliphatic heterocycles. The van der Waals surface area contributed by atoms with Crippen LogP contribution in [0, 0.1) is 0 Å². The molecule has 0 aromatic heterocycles. The minimum atomic E-state index is -4.04. The van der Waals surface area contributed by atoms with Gasteiger partial charge in [-0.2, -0.15) is 13.2 Å². The number of allylic oxidation sites excluding steroid dienone is 1. The van der Waals surface area contributed by atoms with Crippen molar-refractivity contribution in [2.45, 2.75) is 44.8 Å². The highest BCUT2D eigenvalue weighted by Gasteiger charge is 2.27. The molecule has 0 saturated heterocycles. The van der Waals surface area contributed by atoms with Crippen LogP contribution in [0.5, 0.6) is 0 Å². The van der Waals surface area contributed by atoms with Crippen molar-refractivity contribution < 1.29 is 13.2 Å². The fourth-order valence-electron chi connectivity index (χ4n) is 1.19. The summed E-state index contributed by atoms with van der Waals surface area (Å²) in [6, 6.07) is -0.0617. The van der Waals surface area contributed by atoms with E-state index in [1.807, 2.05) is 6.92 Å². The van der Waals surface area contributed by atoms with Crippen LogP contribution < -0.4 is 5.32 Å². The normalized spacial score (nSPS) is 14.1. The Balaban J connectivity index is 3.74. The third kappa shape index (κ3) is 8.10. The molecule has 84 valence electrons. The number of nitrogens with one attached hydrogen (secondary N) is 1. The number of hydrogen-bond acceptors (Lipinski definition) is 1. The molecule has 0 bridgehead atoms. The lowest BCUT2D eigenvalue weighted by Gasteiger charge is -2.16. The van der Waals surface area contributed by atoms with Crippen LogP contribution in [-0.4, -0.2) is 19.3 Å². The minimum Gasteiger partial charge on any atom is -0.317 e. The van der Waals surface area contributed by atoms with Crippen LogP contribution in [-0.2, 0) is 0 Å². The lowest BCUT2D eigenvalue weighted by molar-refractivity contribution is -0.136. The molecule has 0 aromatic rings. The van der Waals surface area contributed by atoms with Gasteiger partial charge < -0.3 is 5.32 Å². The highest BCUT2D eigenvalue weighted by molar-refractivity contribution is 4.89. The van der Waals surface area contributed by atoms with Gasteiger partial charge in [-0.1, -0.05) is 5.57 Å². The maximum Gasteiger partial charge on any atom is 0.389 e. The maximum atomic E-state index is 11.9. The zero-order chi connectivity index (χ0) is 11.2. The van der Waals surface area contributed by atoms with E-state index in [9.17, 15) is 13.2 Å².